The summed E-state index contributed by atoms with van der Waals surface area (Å²) in [4.78, 5) is 42.2. The second-order valence-corrected chi connectivity index (χ2v) is 6.72. The van der Waals surface area contributed by atoms with Crippen LogP contribution in [-0.4, -0.2) is 28.3 Å². The molecule has 0 aliphatic carbocycles. The number of hydrogen-bond acceptors (Lipinski definition) is 6. The summed E-state index contributed by atoms with van der Waals surface area (Å²) < 4.78 is 5.05. The summed E-state index contributed by atoms with van der Waals surface area (Å²) in [6.07, 6.45) is 0. The molecule has 0 atom stereocenters. The van der Waals surface area contributed by atoms with Gasteiger partial charge in [0.25, 0.3) is 5.91 Å². The number of aromatic nitrogens is 2. The largest absolute Gasteiger partial charge is 0.417 e. The van der Waals surface area contributed by atoms with Crippen LogP contribution in [0.25, 0.3) is 22.4 Å². The maximum Gasteiger partial charge on any atom is 0.417 e. The molecular weight excluding hydrogens is 380 g/mol. The van der Waals surface area contributed by atoms with Crippen LogP contribution in [0.1, 0.15) is 10.4 Å². The number of aromatic amines is 1. The molecule has 0 spiro atoms. The number of fused-ring (bicyclic) bond motifs is 1. The molecule has 2 aromatic carbocycles. The first kappa shape index (κ1) is 17.7. The van der Waals surface area contributed by atoms with Gasteiger partial charge in [0.1, 0.15) is 0 Å². The van der Waals surface area contributed by atoms with Crippen molar-refractivity contribution in [2.75, 3.05) is 11.9 Å². The lowest BCUT2D eigenvalue weighted by atomic mass is 10.1. The Balaban J connectivity index is 1.39. The highest BCUT2D eigenvalue weighted by Crippen LogP contribution is 2.27. The second kappa shape index (κ2) is 7.49. The number of rotatable bonds is 5. The molecule has 2 aromatic heterocycles. The van der Waals surface area contributed by atoms with Crippen LogP contribution in [0.3, 0.4) is 0 Å². The molecule has 4 rings (SSSR count). The van der Waals surface area contributed by atoms with E-state index in [-0.39, 0.29) is 18.4 Å². The first-order valence-corrected chi connectivity index (χ1v) is 9.18. The standard InChI is InChI=1S/C19H14N4O4S/c24-16(9-20-17(25)11-4-2-1-3-5-11)23-18-21-14(10-28-18)12-6-7-13-15(8-12)27-19(26)22-13/h1-8,10H,9H2,(H,20,25)(H,22,26)(H,21,23,24). The van der Waals surface area contributed by atoms with Crippen LogP contribution in [0.4, 0.5) is 5.13 Å². The molecular formula is C19H14N4O4S. The smallest absolute Gasteiger partial charge is 0.408 e. The molecule has 2 amide bonds. The summed E-state index contributed by atoms with van der Waals surface area (Å²) in [6, 6.07) is 13.9. The van der Waals surface area contributed by atoms with E-state index in [2.05, 4.69) is 20.6 Å². The molecule has 8 nitrogen and oxygen atoms in total. The number of carbonyl (C=O) groups is 2. The van der Waals surface area contributed by atoms with Crippen molar-refractivity contribution >= 4 is 39.4 Å². The van der Waals surface area contributed by atoms with E-state index < -0.39 is 5.76 Å². The predicted octanol–water partition coefficient (Wildman–Crippen LogP) is 2.61. The molecule has 9 heteroatoms. The SMILES string of the molecule is O=C(CNC(=O)c1ccccc1)Nc1nc(-c2ccc3[nH]c(=O)oc3c2)cs1. The highest BCUT2D eigenvalue weighted by atomic mass is 32.1. The fraction of sp³-hybridized carbons (Fsp3) is 0.0526. The molecule has 0 saturated carbocycles. The Labute approximate surface area is 162 Å². The van der Waals surface area contributed by atoms with Crippen molar-refractivity contribution in [2.45, 2.75) is 0 Å². The first-order valence-electron chi connectivity index (χ1n) is 8.30. The zero-order valence-electron chi connectivity index (χ0n) is 14.4. The molecule has 3 N–H and O–H groups in total. The molecule has 0 bridgehead atoms. The Morgan fingerprint density at radius 1 is 1.14 bits per heavy atom. The molecule has 0 unspecified atom stereocenters. The molecule has 4 aromatic rings. The molecule has 0 aliphatic rings. The minimum atomic E-state index is -0.518. The van der Waals surface area contributed by atoms with Gasteiger partial charge in [0.2, 0.25) is 5.91 Å². The number of H-pyrrole nitrogens is 1. The van der Waals surface area contributed by atoms with E-state index in [1.807, 2.05) is 6.07 Å². The van der Waals surface area contributed by atoms with Gasteiger partial charge in [-0.15, -0.1) is 11.3 Å². The molecule has 2 heterocycles. The van der Waals surface area contributed by atoms with Gasteiger partial charge in [0, 0.05) is 16.5 Å². The van der Waals surface area contributed by atoms with Crippen LogP contribution >= 0.6 is 11.3 Å². The van der Waals surface area contributed by atoms with Crippen LogP contribution in [0, 0.1) is 0 Å². The van der Waals surface area contributed by atoms with Crippen molar-refractivity contribution in [3.05, 3.63) is 70.0 Å². The number of nitrogens with one attached hydrogen (secondary N) is 3. The lowest BCUT2D eigenvalue weighted by Crippen LogP contribution is -2.32. The number of amides is 2. The zero-order chi connectivity index (χ0) is 19.5. The van der Waals surface area contributed by atoms with Crippen molar-refractivity contribution in [3.8, 4) is 11.3 Å². The Bertz CT molecular complexity index is 1210. The van der Waals surface area contributed by atoms with Gasteiger partial charge in [0.05, 0.1) is 17.8 Å². The van der Waals surface area contributed by atoms with Crippen LogP contribution < -0.4 is 16.4 Å². The van der Waals surface area contributed by atoms with E-state index in [4.69, 9.17) is 4.42 Å². The Morgan fingerprint density at radius 2 is 1.96 bits per heavy atom. The number of carbonyl (C=O) groups excluding carboxylic acids is 2. The number of oxazole rings is 1. The number of hydrogen-bond donors (Lipinski definition) is 3. The molecule has 140 valence electrons. The van der Waals surface area contributed by atoms with E-state index in [0.717, 1.165) is 5.56 Å². The quantitative estimate of drug-likeness (QED) is 0.481. The van der Waals surface area contributed by atoms with Gasteiger partial charge in [-0.05, 0) is 24.3 Å². The zero-order valence-corrected chi connectivity index (χ0v) is 15.2. The monoisotopic (exact) mass is 394 g/mol. The highest BCUT2D eigenvalue weighted by molar-refractivity contribution is 7.14. The molecule has 0 aliphatic heterocycles. The van der Waals surface area contributed by atoms with Gasteiger partial charge in [-0.3, -0.25) is 14.6 Å². The number of nitrogens with zero attached hydrogens (tertiary/aromatic N) is 1. The summed E-state index contributed by atoms with van der Waals surface area (Å²) >= 11 is 1.26. The molecule has 0 saturated heterocycles. The summed E-state index contributed by atoms with van der Waals surface area (Å²) in [6.45, 7) is -0.164. The van der Waals surface area contributed by atoms with Crippen molar-refractivity contribution in [1.29, 1.82) is 0 Å². The third kappa shape index (κ3) is 3.84. The number of benzene rings is 2. The molecule has 0 fully saturated rings. The van der Waals surface area contributed by atoms with E-state index in [0.29, 0.717) is 27.5 Å². The van der Waals surface area contributed by atoms with Crippen molar-refractivity contribution in [1.82, 2.24) is 15.3 Å². The summed E-state index contributed by atoms with van der Waals surface area (Å²) in [5.41, 5.74) is 2.92. The topological polar surface area (TPSA) is 117 Å². The molecule has 28 heavy (non-hydrogen) atoms. The first-order chi connectivity index (χ1) is 13.6. The Kier molecular flexibility index (Phi) is 4.73. The third-order valence-corrected chi connectivity index (χ3v) is 4.67. The number of anilines is 1. The van der Waals surface area contributed by atoms with E-state index in [1.54, 1.807) is 47.8 Å². The summed E-state index contributed by atoms with van der Waals surface area (Å²) in [7, 11) is 0. The maximum absolute atomic E-state index is 12.1. The van der Waals surface area contributed by atoms with Gasteiger partial charge < -0.3 is 15.1 Å². The normalized spacial score (nSPS) is 10.7. The minimum absolute atomic E-state index is 0.164. The number of thiazole rings is 1. The summed E-state index contributed by atoms with van der Waals surface area (Å²) in [5.74, 6) is -1.22. The lowest BCUT2D eigenvalue weighted by molar-refractivity contribution is -0.115. The van der Waals surface area contributed by atoms with Gasteiger partial charge in [-0.1, -0.05) is 24.3 Å². The molecule has 0 radical (unpaired) electrons. The van der Waals surface area contributed by atoms with E-state index in [1.165, 1.54) is 11.3 Å². The van der Waals surface area contributed by atoms with Crippen molar-refractivity contribution in [3.63, 3.8) is 0 Å². The van der Waals surface area contributed by atoms with Crippen LogP contribution in [0.15, 0.2) is 63.1 Å². The minimum Gasteiger partial charge on any atom is -0.408 e. The lowest BCUT2D eigenvalue weighted by Gasteiger charge is -2.05. The van der Waals surface area contributed by atoms with Crippen molar-refractivity contribution in [2.24, 2.45) is 0 Å². The average Bonchev–Trinajstić information content (AvgIpc) is 3.31. The average molecular weight is 394 g/mol. The fourth-order valence-corrected chi connectivity index (χ4v) is 3.32. The van der Waals surface area contributed by atoms with Crippen LogP contribution in [-0.2, 0) is 4.79 Å². The van der Waals surface area contributed by atoms with Gasteiger partial charge in [-0.2, -0.15) is 0 Å². The van der Waals surface area contributed by atoms with E-state index in [9.17, 15) is 14.4 Å². The van der Waals surface area contributed by atoms with Crippen molar-refractivity contribution < 1.29 is 14.0 Å². The van der Waals surface area contributed by atoms with Crippen LogP contribution in [0.5, 0.6) is 0 Å². The fourth-order valence-electron chi connectivity index (χ4n) is 2.58. The third-order valence-electron chi connectivity index (χ3n) is 3.91. The van der Waals surface area contributed by atoms with Gasteiger partial charge >= 0.3 is 5.76 Å². The Hall–Kier alpha value is -3.72. The highest BCUT2D eigenvalue weighted by Gasteiger charge is 2.11. The van der Waals surface area contributed by atoms with E-state index >= 15 is 0 Å². The maximum atomic E-state index is 12.1. The Morgan fingerprint density at radius 3 is 2.79 bits per heavy atom. The van der Waals surface area contributed by atoms with Crippen LogP contribution in [0.2, 0.25) is 0 Å². The second-order valence-electron chi connectivity index (χ2n) is 5.86. The summed E-state index contributed by atoms with van der Waals surface area (Å²) in [5, 5.41) is 7.40. The van der Waals surface area contributed by atoms with Gasteiger partial charge in [0.15, 0.2) is 10.7 Å². The predicted molar refractivity (Wildman–Crippen MR) is 105 cm³/mol. The van der Waals surface area contributed by atoms with Gasteiger partial charge in [-0.25, -0.2) is 9.78 Å².